The Kier molecular flexibility index (Phi) is 3.34. The number of rotatable bonds is 1. The van der Waals surface area contributed by atoms with E-state index in [-0.39, 0.29) is 16.2 Å². The summed E-state index contributed by atoms with van der Waals surface area (Å²) >= 11 is 12.2. The van der Waals surface area contributed by atoms with E-state index in [1.54, 1.807) is 18.2 Å². The van der Waals surface area contributed by atoms with Crippen LogP contribution in [0.1, 0.15) is 20.8 Å². The molecular weight excluding hydrogens is 323 g/mol. The van der Waals surface area contributed by atoms with E-state index in [4.69, 9.17) is 23.2 Å². The van der Waals surface area contributed by atoms with Crippen molar-refractivity contribution in [2.24, 2.45) is 0 Å². The summed E-state index contributed by atoms with van der Waals surface area (Å²) in [6.45, 7) is 6.17. The van der Waals surface area contributed by atoms with Gasteiger partial charge >= 0.3 is 0 Å². The van der Waals surface area contributed by atoms with Gasteiger partial charge in [-0.05, 0) is 51.1 Å². The lowest BCUT2D eigenvalue weighted by Gasteiger charge is -2.24. The van der Waals surface area contributed by atoms with Crippen molar-refractivity contribution in [1.29, 1.82) is 0 Å². The highest BCUT2D eigenvalue weighted by atomic mass is 35.5. The Morgan fingerprint density at radius 3 is 2.32 bits per heavy atom. The van der Waals surface area contributed by atoms with Crippen molar-refractivity contribution in [2.75, 3.05) is 0 Å². The van der Waals surface area contributed by atoms with Crippen LogP contribution in [0.3, 0.4) is 0 Å². The number of nitrogens with zero attached hydrogens (tertiary/aromatic N) is 2. The first-order valence-electron chi connectivity index (χ1n) is 6.79. The zero-order chi connectivity index (χ0) is 16.2. The minimum Gasteiger partial charge on any atom is -0.335 e. The second-order valence-electron chi connectivity index (χ2n) is 6.21. The summed E-state index contributed by atoms with van der Waals surface area (Å²) in [6, 6.07) is 8.83. The highest BCUT2D eigenvalue weighted by molar-refractivity contribution is 6.36. The van der Waals surface area contributed by atoms with Crippen LogP contribution in [-0.4, -0.2) is 9.49 Å². The molecule has 0 aliphatic heterocycles. The predicted molar refractivity (Wildman–Crippen MR) is 91.1 cm³/mol. The van der Waals surface area contributed by atoms with Crippen molar-refractivity contribution in [3.8, 4) is 0 Å². The second-order valence-corrected chi connectivity index (χ2v) is 7.06. The Morgan fingerprint density at radius 1 is 1.09 bits per heavy atom. The van der Waals surface area contributed by atoms with Crippen LogP contribution in [0.2, 0.25) is 10.0 Å². The van der Waals surface area contributed by atoms with Gasteiger partial charge in [0, 0.05) is 21.5 Å². The summed E-state index contributed by atoms with van der Waals surface area (Å²) in [5.74, 6) is 0. The molecule has 0 unspecified atom stereocenters. The molecule has 6 heteroatoms. The number of halogens is 2. The van der Waals surface area contributed by atoms with Gasteiger partial charge < -0.3 is 4.57 Å². The highest BCUT2D eigenvalue weighted by Crippen LogP contribution is 2.42. The van der Waals surface area contributed by atoms with Crippen LogP contribution in [0.15, 0.2) is 30.3 Å². The van der Waals surface area contributed by atoms with E-state index in [2.05, 4.69) is 25.3 Å². The molecule has 1 aromatic heterocycles. The third-order valence-corrected chi connectivity index (χ3v) is 4.21. The third-order valence-electron chi connectivity index (χ3n) is 3.67. The van der Waals surface area contributed by atoms with Crippen molar-refractivity contribution >= 4 is 50.7 Å². The van der Waals surface area contributed by atoms with Crippen molar-refractivity contribution in [3.63, 3.8) is 0 Å². The maximum atomic E-state index is 11.5. The number of benzene rings is 2. The van der Waals surface area contributed by atoms with Crippen molar-refractivity contribution in [3.05, 3.63) is 50.5 Å². The molecule has 0 radical (unpaired) electrons. The molecule has 0 N–H and O–H groups in total. The van der Waals surface area contributed by atoms with Crippen LogP contribution in [-0.2, 0) is 5.54 Å². The lowest BCUT2D eigenvalue weighted by Crippen LogP contribution is -2.21. The Bertz CT molecular complexity index is 923. The average molecular weight is 337 g/mol. The summed E-state index contributed by atoms with van der Waals surface area (Å²) in [6.07, 6.45) is 0. The maximum absolute atomic E-state index is 11.5. The minimum absolute atomic E-state index is 0.0746. The number of nitro benzene ring substituents is 1. The third kappa shape index (κ3) is 2.14. The van der Waals surface area contributed by atoms with E-state index in [9.17, 15) is 10.1 Å². The molecule has 3 rings (SSSR count). The summed E-state index contributed by atoms with van der Waals surface area (Å²) in [5.41, 5.74) is 1.36. The predicted octanol–water partition coefficient (Wildman–Crippen LogP) is 5.76. The molecule has 0 aliphatic rings. The highest BCUT2D eigenvalue weighted by Gasteiger charge is 2.27. The van der Waals surface area contributed by atoms with Gasteiger partial charge in [-0.3, -0.25) is 10.1 Å². The molecule has 0 saturated heterocycles. The molecule has 0 saturated carbocycles. The first-order chi connectivity index (χ1) is 10.2. The van der Waals surface area contributed by atoms with Gasteiger partial charge in [-0.2, -0.15) is 0 Å². The molecule has 3 aromatic rings. The van der Waals surface area contributed by atoms with Crippen LogP contribution >= 0.6 is 23.2 Å². The molecule has 1 heterocycles. The first kappa shape index (κ1) is 15.1. The van der Waals surface area contributed by atoms with Crippen LogP contribution in [0.5, 0.6) is 0 Å². The SMILES string of the molecule is CC(C)(C)n1c2ccc(Cl)cc2c2c([N+](=O)[O-])c(Cl)ccc21. The normalized spacial score (nSPS) is 12.2. The van der Waals surface area contributed by atoms with Crippen molar-refractivity contribution < 1.29 is 4.92 Å². The molecule has 0 fully saturated rings. The molecular formula is C16H14Cl2N2O2. The Balaban J connectivity index is 2.66. The maximum Gasteiger partial charge on any atom is 0.297 e. The molecule has 2 aromatic carbocycles. The molecule has 4 nitrogen and oxygen atoms in total. The largest absolute Gasteiger partial charge is 0.335 e. The van der Waals surface area contributed by atoms with Crippen LogP contribution < -0.4 is 0 Å². The number of nitro groups is 1. The van der Waals surface area contributed by atoms with Gasteiger partial charge in [0.05, 0.1) is 15.8 Å². The average Bonchev–Trinajstić information content (AvgIpc) is 2.71. The topological polar surface area (TPSA) is 48.1 Å². The van der Waals surface area contributed by atoms with Gasteiger partial charge in [0.15, 0.2) is 0 Å². The van der Waals surface area contributed by atoms with Gasteiger partial charge in [0.2, 0.25) is 0 Å². The number of hydrogen-bond acceptors (Lipinski definition) is 2. The monoisotopic (exact) mass is 336 g/mol. The Labute approximate surface area is 137 Å². The fraction of sp³-hybridized carbons (Fsp3) is 0.250. The lowest BCUT2D eigenvalue weighted by atomic mass is 10.1. The Morgan fingerprint density at radius 2 is 1.73 bits per heavy atom. The van der Waals surface area contributed by atoms with Gasteiger partial charge in [-0.25, -0.2) is 0 Å². The van der Waals surface area contributed by atoms with E-state index in [1.165, 1.54) is 0 Å². The van der Waals surface area contributed by atoms with Gasteiger partial charge in [0.1, 0.15) is 5.02 Å². The van der Waals surface area contributed by atoms with E-state index in [0.29, 0.717) is 10.4 Å². The molecule has 22 heavy (non-hydrogen) atoms. The quantitative estimate of drug-likeness (QED) is 0.418. The fourth-order valence-corrected chi connectivity index (χ4v) is 3.34. The zero-order valence-corrected chi connectivity index (χ0v) is 13.9. The van der Waals surface area contributed by atoms with Crippen LogP contribution in [0.4, 0.5) is 5.69 Å². The van der Waals surface area contributed by atoms with Crippen molar-refractivity contribution in [2.45, 2.75) is 26.3 Å². The molecule has 0 atom stereocenters. The zero-order valence-electron chi connectivity index (χ0n) is 12.4. The molecule has 0 spiro atoms. The number of aromatic nitrogens is 1. The fourth-order valence-electron chi connectivity index (χ4n) is 2.94. The van der Waals surface area contributed by atoms with Crippen LogP contribution in [0, 0.1) is 10.1 Å². The number of hydrogen-bond donors (Lipinski definition) is 0. The van der Waals surface area contributed by atoms with E-state index < -0.39 is 4.92 Å². The molecule has 114 valence electrons. The lowest BCUT2D eigenvalue weighted by molar-refractivity contribution is -0.382. The smallest absolute Gasteiger partial charge is 0.297 e. The first-order valence-corrected chi connectivity index (χ1v) is 7.54. The van der Waals surface area contributed by atoms with E-state index >= 15 is 0 Å². The molecule has 0 bridgehead atoms. The van der Waals surface area contributed by atoms with Crippen molar-refractivity contribution in [1.82, 2.24) is 4.57 Å². The minimum atomic E-state index is -0.433. The number of fused-ring (bicyclic) bond motifs is 3. The second kappa shape index (κ2) is 4.86. The van der Waals surface area contributed by atoms with Crippen LogP contribution in [0.25, 0.3) is 21.8 Å². The van der Waals surface area contributed by atoms with E-state index in [1.807, 2.05) is 12.1 Å². The van der Waals surface area contributed by atoms with E-state index in [0.717, 1.165) is 16.4 Å². The van der Waals surface area contributed by atoms with Gasteiger partial charge in [-0.15, -0.1) is 0 Å². The summed E-state index contributed by atoms with van der Waals surface area (Å²) in [4.78, 5) is 11.1. The summed E-state index contributed by atoms with van der Waals surface area (Å²) < 4.78 is 2.08. The van der Waals surface area contributed by atoms with Gasteiger partial charge in [-0.1, -0.05) is 23.2 Å². The summed E-state index contributed by atoms with van der Waals surface area (Å²) in [7, 11) is 0. The Hall–Kier alpha value is -1.78. The molecule has 0 amide bonds. The summed E-state index contributed by atoms with van der Waals surface area (Å²) in [5, 5.41) is 13.4. The van der Waals surface area contributed by atoms with Gasteiger partial charge in [0.25, 0.3) is 5.69 Å². The standard InChI is InChI=1S/C16H14Cl2N2O2/c1-16(2,3)19-12-6-4-9(17)8-10(12)14-13(19)7-5-11(18)15(14)20(21)22/h4-8H,1-3H3. The molecule has 0 aliphatic carbocycles.